The summed E-state index contributed by atoms with van der Waals surface area (Å²) in [5.74, 6) is -1.66. The Balaban J connectivity index is 2.34. The molecule has 0 atom stereocenters. The second-order valence-corrected chi connectivity index (χ2v) is 5.12. The van der Waals surface area contributed by atoms with Gasteiger partial charge in [0.05, 0.1) is 3.79 Å². The molecule has 16 heavy (non-hydrogen) atoms. The van der Waals surface area contributed by atoms with Gasteiger partial charge in [-0.2, -0.15) is 0 Å². The largest absolute Gasteiger partial charge is 0.479 e. The van der Waals surface area contributed by atoms with Crippen LogP contribution in [0.25, 0.3) is 6.08 Å². The molecule has 0 fully saturated rings. The third kappa shape index (κ3) is 5.06. The zero-order valence-electron chi connectivity index (χ0n) is 7.97. The molecule has 1 amide bonds. The predicted octanol–water partition coefficient (Wildman–Crippen LogP) is 1.66. The highest BCUT2D eigenvalue weighted by Gasteiger charge is 1.99. The summed E-state index contributed by atoms with van der Waals surface area (Å²) in [5.41, 5.74) is 1.98. The lowest BCUT2D eigenvalue weighted by Crippen LogP contribution is -2.24. The summed E-state index contributed by atoms with van der Waals surface area (Å²) in [7, 11) is 0. The summed E-state index contributed by atoms with van der Waals surface area (Å²) in [6.45, 7) is -0.565. The van der Waals surface area contributed by atoms with Crippen LogP contribution in [0.4, 0.5) is 0 Å². The zero-order valence-corrected chi connectivity index (χ0v) is 10.4. The minimum atomic E-state index is -1.15. The van der Waals surface area contributed by atoms with Crippen molar-refractivity contribution in [1.82, 2.24) is 5.48 Å². The molecule has 0 spiro atoms. The zero-order chi connectivity index (χ0) is 12.0. The Hall–Kier alpha value is -1.18. The van der Waals surface area contributed by atoms with Gasteiger partial charge in [-0.3, -0.25) is 9.63 Å². The van der Waals surface area contributed by atoms with E-state index < -0.39 is 18.5 Å². The fourth-order valence-electron chi connectivity index (χ4n) is 0.779. The molecule has 0 bridgehead atoms. The Bertz CT molecular complexity index is 415. The van der Waals surface area contributed by atoms with Crippen molar-refractivity contribution in [3.8, 4) is 0 Å². The van der Waals surface area contributed by atoms with E-state index in [4.69, 9.17) is 5.11 Å². The number of rotatable bonds is 5. The van der Waals surface area contributed by atoms with Gasteiger partial charge in [-0.1, -0.05) is 0 Å². The Morgan fingerprint density at radius 1 is 1.56 bits per heavy atom. The molecule has 5 nitrogen and oxygen atoms in total. The fraction of sp³-hybridized carbons (Fsp3) is 0.111. The van der Waals surface area contributed by atoms with Crippen LogP contribution in [0.2, 0.25) is 0 Å². The second kappa shape index (κ2) is 6.41. The van der Waals surface area contributed by atoms with Crippen LogP contribution in [-0.2, 0) is 14.4 Å². The maximum absolute atomic E-state index is 11.1. The number of carboxylic acids is 1. The molecule has 1 aromatic heterocycles. The molecule has 0 radical (unpaired) electrons. The number of hydroxylamine groups is 1. The molecule has 0 aliphatic carbocycles. The van der Waals surface area contributed by atoms with E-state index in [2.05, 4.69) is 20.8 Å². The quantitative estimate of drug-likeness (QED) is 0.641. The number of thiophene rings is 1. The minimum absolute atomic E-state index is 0.509. The molecule has 0 aliphatic rings. The maximum atomic E-state index is 11.1. The molecule has 0 saturated heterocycles. The standard InChI is InChI=1S/C9H8BrNO4S/c10-7-3-1-6(16-7)2-4-8(12)11-15-5-9(13)14/h1-4H,5H2,(H,11,12)(H,13,14). The van der Waals surface area contributed by atoms with Gasteiger partial charge in [0.15, 0.2) is 6.61 Å². The van der Waals surface area contributed by atoms with Crippen LogP contribution in [0.15, 0.2) is 22.0 Å². The van der Waals surface area contributed by atoms with Crippen molar-refractivity contribution in [2.45, 2.75) is 0 Å². The monoisotopic (exact) mass is 305 g/mol. The first kappa shape index (κ1) is 12.9. The van der Waals surface area contributed by atoms with Gasteiger partial charge in [0, 0.05) is 11.0 Å². The molecule has 86 valence electrons. The molecule has 1 aromatic rings. The molecule has 1 rings (SSSR count). The molecule has 0 aliphatic heterocycles. The van der Waals surface area contributed by atoms with Crippen LogP contribution in [0.5, 0.6) is 0 Å². The van der Waals surface area contributed by atoms with Crippen molar-refractivity contribution in [2.24, 2.45) is 0 Å². The number of carbonyl (C=O) groups is 2. The number of aliphatic carboxylic acids is 1. The van der Waals surface area contributed by atoms with Gasteiger partial charge in [-0.15, -0.1) is 11.3 Å². The number of hydrogen-bond donors (Lipinski definition) is 2. The fourth-order valence-corrected chi connectivity index (χ4v) is 2.10. The molecule has 7 heteroatoms. The predicted molar refractivity (Wildman–Crippen MR) is 62.8 cm³/mol. The highest BCUT2D eigenvalue weighted by Crippen LogP contribution is 2.22. The van der Waals surface area contributed by atoms with Gasteiger partial charge in [-0.25, -0.2) is 10.3 Å². The first-order chi connectivity index (χ1) is 7.58. The van der Waals surface area contributed by atoms with Gasteiger partial charge in [0.1, 0.15) is 0 Å². The molecule has 0 unspecified atom stereocenters. The highest BCUT2D eigenvalue weighted by molar-refractivity contribution is 9.11. The molecule has 0 saturated carbocycles. The number of carbonyl (C=O) groups excluding carboxylic acids is 1. The van der Waals surface area contributed by atoms with Gasteiger partial charge < -0.3 is 5.11 Å². The number of nitrogens with one attached hydrogen (secondary N) is 1. The van der Waals surface area contributed by atoms with Crippen LogP contribution in [-0.4, -0.2) is 23.6 Å². The van der Waals surface area contributed by atoms with E-state index in [1.54, 1.807) is 6.08 Å². The second-order valence-electron chi connectivity index (χ2n) is 2.62. The first-order valence-corrected chi connectivity index (χ1v) is 5.76. The van der Waals surface area contributed by atoms with Crippen molar-refractivity contribution < 1.29 is 19.5 Å². The molecular weight excluding hydrogens is 298 g/mol. The van der Waals surface area contributed by atoms with E-state index in [9.17, 15) is 9.59 Å². The average molecular weight is 306 g/mol. The summed E-state index contributed by atoms with van der Waals surface area (Å²) in [4.78, 5) is 26.4. The lowest BCUT2D eigenvalue weighted by molar-refractivity contribution is -0.147. The van der Waals surface area contributed by atoms with E-state index in [1.807, 2.05) is 17.6 Å². The summed E-state index contributed by atoms with van der Waals surface area (Å²) in [6, 6.07) is 3.71. The third-order valence-electron chi connectivity index (χ3n) is 1.36. The van der Waals surface area contributed by atoms with Gasteiger partial charge in [0.25, 0.3) is 5.91 Å². The van der Waals surface area contributed by atoms with Crippen LogP contribution < -0.4 is 5.48 Å². The Morgan fingerprint density at radius 3 is 2.88 bits per heavy atom. The minimum Gasteiger partial charge on any atom is -0.479 e. The molecular formula is C9H8BrNO4S. The maximum Gasteiger partial charge on any atom is 0.332 e. The van der Waals surface area contributed by atoms with Crippen molar-refractivity contribution in [1.29, 1.82) is 0 Å². The number of halogens is 1. The molecule has 2 N–H and O–H groups in total. The van der Waals surface area contributed by atoms with E-state index in [0.717, 1.165) is 8.66 Å². The Kier molecular flexibility index (Phi) is 5.17. The third-order valence-corrected chi connectivity index (χ3v) is 2.95. The van der Waals surface area contributed by atoms with Crippen molar-refractivity contribution >= 4 is 45.2 Å². The summed E-state index contributed by atoms with van der Waals surface area (Å²) in [6.07, 6.45) is 2.87. The van der Waals surface area contributed by atoms with Crippen LogP contribution in [0, 0.1) is 0 Å². The average Bonchev–Trinajstić information content (AvgIpc) is 2.61. The summed E-state index contributed by atoms with van der Waals surface area (Å²) >= 11 is 4.76. The van der Waals surface area contributed by atoms with Crippen LogP contribution >= 0.6 is 27.3 Å². The molecule has 1 heterocycles. The topological polar surface area (TPSA) is 75.6 Å². The molecule has 0 aromatic carbocycles. The lowest BCUT2D eigenvalue weighted by atomic mass is 10.4. The van der Waals surface area contributed by atoms with Crippen molar-refractivity contribution in [3.63, 3.8) is 0 Å². The smallest absolute Gasteiger partial charge is 0.332 e. The van der Waals surface area contributed by atoms with Gasteiger partial charge in [0.2, 0.25) is 0 Å². The van der Waals surface area contributed by atoms with Crippen LogP contribution in [0.1, 0.15) is 4.88 Å². The highest BCUT2D eigenvalue weighted by atomic mass is 79.9. The SMILES string of the molecule is O=C(O)CONC(=O)C=Cc1ccc(Br)s1. The van der Waals surface area contributed by atoms with E-state index in [1.165, 1.54) is 17.4 Å². The van der Waals surface area contributed by atoms with Gasteiger partial charge in [-0.05, 0) is 34.1 Å². The van der Waals surface area contributed by atoms with Crippen LogP contribution in [0.3, 0.4) is 0 Å². The summed E-state index contributed by atoms with van der Waals surface area (Å²) < 4.78 is 0.967. The number of carboxylic acid groups (broad SMARTS) is 1. The summed E-state index contributed by atoms with van der Waals surface area (Å²) in [5, 5.41) is 8.24. The first-order valence-electron chi connectivity index (χ1n) is 4.15. The lowest BCUT2D eigenvalue weighted by Gasteiger charge is -1.98. The number of amides is 1. The van der Waals surface area contributed by atoms with Crippen molar-refractivity contribution in [2.75, 3.05) is 6.61 Å². The Morgan fingerprint density at radius 2 is 2.31 bits per heavy atom. The van der Waals surface area contributed by atoms with E-state index in [-0.39, 0.29) is 0 Å². The van der Waals surface area contributed by atoms with Crippen molar-refractivity contribution in [3.05, 3.63) is 26.9 Å². The van der Waals surface area contributed by atoms with Gasteiger partial charge >= 0.3 is 5.97 Å². The normalized spacial score (nSPS) is 10.6. The van der Waals surface area contributed by atoms with E-state index in [0.29, 0.717) is 0 Å². The number of hydrogen-bond acceptors (Lipinski definition) is 4. The Labute approximate surface area is 104 Å². The van der Waals surface area contributed by atoms with E-state index >= 15 is 0 Å².